The standard InChI is InChI=1S/C9H28O4Si4/c1-4-8-17(3,14-10)9-6-5-7-12-15-13-16(2)11/h10-11,16H,4-9,14-15H2,1-3H3. The van der Waals surface area contributed by atoms with Crippen molar-refractivity contribution in [2.45, 2.75) is 51.4 Å². The molecule has 0 aliphatic rings. The maximum atomic E-state index is 9.55. The molecular weight excluding hydrogens is 284 g/mol. The molecule has 0 saturated carbocycles. The van der Waals surface area contributed by atoms with E-state index in [0.717, 1.165) is 13.0 Å². The lowest BCUT2D eigenvalue weighted by Crippen LogP contribution is -2.38. The minimum absolute atomic E-state index is 0.761. The van der Waals surface area contributed by atoms with Crippen LogP contribution >= 0.6 is 0 Å². The maximum Gasteiger partial charge on any atom is 0.306 e. The second-order valence-electron chi connectivity index (χ2n) is 4.97. The molecule has 104 valence electrons. The molecule has 2 N–H and O–H groups in total. The van der Waals surface area contributed by atoms with Gasteiger partial charge in [-0.25, -0.2) is 0 Å². The van der Waals surface area contributed by atoms with E-state index in [1.54, 1.807) is 6.55 Å². The van der Waals surface area contributed by atoms with Crippen molar-refractivity contribution in [2.75, 3.05) is 6.61 Å². The van der Waals surface area contributed by atoms with Gasteiger partial charge in [-0.2, -0.15) is 0 Å². The number of rotatable bonds is 11. The van der Waals surface area contributed by atoms with Crippen LogP contribution in [-0.2, 0) is 8.54 Å². The number of hydrogen-bond donors (Lipinski definition) is 2. The predicted octanol–water partition coefficient (Wildman–Crippen LogP) is -0.297. The Labute approximate surface area is 112 Å². The molecule has 0 saturated heterocycles. The van der Waals surface area contributed by atoms with Crippen LogP contribution in [0.15, 0.2) is 0 Å². The maximum absolute atomic E-state index is 9.55. The summed E-state index contributed by atoms with van der Waals surface area (Å²) in [6, 6.07) is 2.53. The average Bonchev–Trinajstić information content (AvgIpc) is 2.28. The van der Waals surface area contributed by atoms with E-state index < -0.39 is 36.2 Å². The smallest absolute Gasteiger partial charge is 0.306 e. The highest BCUT2D eigenvalue weighted by atomic mass is 29.2. The monoisotopic (exact) mass is 312 g/mol. The fourth-order valence-corrected chi connectivity index (χ4v) is 8.98. The van der Waals surface area contributed by atoms with Crippen LogP contribution in [0, 0.1) is 0 Å². The first-order chi connectivity index (χ1) is 8.04. The van der Waals surface area contributed by atoms with Gasteiger partial charge in [0.2, 0.25) is 0 Å². The fourth-order valence-electron chi connectivity index (χ4n) is 1.85. The highest BCUT2D eigenvalue weighted by molar-refractivity contribution is 7.21. The van der Waals surface area contributed by atoms with Gasteiger partial charge in [0.05, 0.1) is 7.59 Å². The van der Waals surface area contributed by atoms with E-state index in [2.05, 4.69) is 13.5 Å². The van der Waals surface area contributed by atoms with Crippen molar-refractivity contribution >= 4 is 36.2 Å². The van der Waals surface area contributed by atoms with E-state index in [-0.39, 0.29) is 0 Å². The van der Waals surface area contributed by atoms with Crippen LogP contribution < -0.4 is 0 Å². The Morgan fingerprint density at radius 2 is 2.00 bits per heavy atom. The van der Waals surface area contributed by atoms with Gasteiger partial charge in [0.25, 0.3) is 10.0 Å². The lowest BCUT2D eigenvalue weighted by atomic mass is 10.4. The number of hydrogen-bond acceptors (Lipinski definition) is 4. The summed E-state index contributed by atoms with van der Waals surface area (Å²) >= 11 is 0. The summed E-state index contributed by atoms with van der Waals surface area (Å²) in [5.41, 5.74) is 0. The minimum atomic E-state index is -1.86. The minimum Gasteiger partial charge on any atom is -0.441 e. The van der Waals surface area contributed by atoms with E-state index >= 15 is 0 Å². The Morgan fingerprint density at radius 1 is 1.29 bits per heavy atom. The van der Waals surface area contributed by atoms with E-state index in [1.807, 2.05) is 0 Å². The first-order valence-electron chi connectivity index (χ1n) is 6.52. The third kappa shape index (κ3) is 10.3. The summed E-state index contributed by atoms with van der Waals surface area (Å²) in [5.74, 6) is 0. The Balaban J connectivity index is 3.43. The Kier molecular flexibility index (Phi) is 11.1. The topological polar surface area (TPSA) is 58.9 Å². The zero-order chi connectivity index (χ0) is 13.1. The first kappa shape index (κ1) is 17.7. The Bertz CT molecular complexity index is 184. The zero-order valence-corrected chi connectivity index (χ0v) is 16.4. The van der Waals surface area contributed by atoms with Gasteiger partial charge in [0.15, 0.2) is 0 Å². The summed E-state index contributed by atoms with van der Waals surface area (Å²) in [7, 11) is -4.79. The molecule has 2 unspecified atom stereocenters. The lowest BCUT2D eigenvalue weighted by Gasteiger charge is -2.23. The molecule has 0 aliphatic carbocycles. The quantitative estimate of drug-likeness (QED) is 0.406. The molecule has 0 fully saturated rings. The van der Waals surface area contributed by atoms with Crippen LogP contribution in [0.5, 0.6) is 0 Å². The van der Waals surface area contributed by atoms with E-state index in [4.69, 9.17) is 13.3 Å². The van der Waals surface area contributed by atoms with Crippen molar-refractivity contribution in [3.63, 3.8) is 0 Å². The normalized spacial score (nSPS) is 18.2. The molecule has 17 heavy (non-hydrogen) atoms. The van der Waals surface area contributed by atoms with Crippen molar-refractivity contribution in [3.05, 3.63) is 0 Å². The van der Waals surface area contributed by atoms with Gasteiger partial charge in [-0.05, 0) is 13.0 Å². The molecule has 4 nitrogen and oxygen atoms in total. The molecular formula is C9H28O4Si4. The Morgan fingerprint density at radius 3 is 2.53 bits per heavy atom. The summed E-state index contributed by atoms with van der Waals surface area (Å²) < 4.78 is 10.5. The van der Waals surface area contributed by atoms with Crippen molar-refractivity contribution in [1.82, 2.24) is 0 Å². The summed E-state index contributed by atoms with van der Waals surface area (Å²) in [5, 5.41) is 0. The molecule has 0 heterocycles. The van der Waals surface area contributed by atoms with Gasteiger partial charge in [-0.1, -0.05) is 38.4 Å². The molecule has 2 atom stereocenters. The van der Waals surface area contributed by atoms with E-state index in [0.29, 0.717) is 0 Å². The van der Waals surface area contributed by atoms with Gasteiger partial charge < -0.3 is 18.1 Å². The van der Waals surface area contributed by atoms with Crippen LogP contribution in [0.25, 0.3) is 0 Å². The average molecular weight is 313 g/mol. The predicted molar refractivity (Wildman–Crippen MR) is 82.3 cm³/mol. The van der Waals surface area contributed by atoms with E-state index in [1.165, 1.54) is 24.9 Å². The second kappa shape index (κ2) is 10.6. The van der Waals surface area contributed by atoms with Crippen molar-refractivity contribution in [2.24, 2.45) is 0 Å². The molecule has 0 spiro atoms. The molecule has 0 aromatic heterocycles. The van der Waals surface area contributed by atoms with Gasteiger partial charge in [-0.3, -0.25) is 0 Å². The number of unbranched alkanes of at least 4 members (excludes halogenated alkanes) is 1. The summed E-state index contributed by atoms with van der Waals surface area (Å²) in [6.07, 6.45) is 3.46. The van der Waals surface area contributed by atoms with E-state index in [9.17, 15) is 4.80 Å². The van der Waals surface area contributed by atoms with Crippen LogP contribution in [0.2, 0.25) is 25.2 Å². The van der Waals surface area contributed by atoms with Crippen LogP contribution in [-0.4, -0.2) is 52.4 Å². The Hall–Kier alpha value is 0.708. The zero-order valence-electron chi connectivity index (χ0n) is 11.4. The lowest BCUT2D eigenvalue weighted by molar-refractivity contribution is 0.271. The second-order valence-corrected chi connectivity index (χ2v) is 19.2. The molecule has 0 aliphatic heterocycles. The van der Waals surface area contributed by atoms with Gasteiger partial charge in [0, 0.05) is 6.61 Å². The molecule has 0 rings (SSSR count). The highest BCUT2D eigenvalue weighted by Crippen LogP contribution is 2.18. The van der Waals surface area contributed by atoms with Gasteiger partial charge in [0.1, 0.15) is 9.28 Å². The molecule has 0 aromatic rings. The van der Waals surface area contributed by atoms with Crippen molar-refractivity contribution < 1.29 is 18.1 Å². The summed E-state index contributed by atoms with van der Waals surface area (Å²) in [4.78, 5) is 18.6. The summed E-state index contributed by atoms with van der Waals surface area (Å²) in [6.45, 7) is 7.06. The fraction of sp³-hybridized carbons (Fsp3) is 1.00. The van der Waals surface area contributed by atoms with Crippen molar-refractivity contribution in [1.29, 1.82) is 0 Å². The first-order valence-corrected chi connectivity index (χ1v) is 15.7. The largest absolute Gasteiger partial charge is 0.441 e. The molecule has 8 heteroatoms. The van der Waals surface area contributed by atoms with Crippen LogP contribution in [0.1, 0.15) is 26.2 Å². The molecule has 0 bridgehead atoms. The van der Waals surface area contributed by atoms with Crippen LogP contribution in [0.4, 0.5) is 0 Å². The molecule has 0 radical (unpaired) electrons. The van der Waals surface area contributed by atoms with Gasteiger partial charge in [-0.15, -0.1) is 0 Å². The molecule has 0 aromatic carbocycles. The highest BCUT2D eigenvalue weighted by Gasteiger charge is 2.24. The SMILES string of the molecule is CCC[Si](C)(CCCCO[SiH2]O[SiH](C)O)[SiH2]O. The van der Waals surface area contributed by atoms with Gasteiger partial charge >= 0.3 is 9.28 Å². The third-order valence-corrected chi connectivity index (χ3v) is 14.3. The van der Waals surface area contributed by atoms with Crippen LogP contribution in [0.3, 0.4) is 0 Å². The van der Waals surface area contributed by atoms with Crippen molar-refractivity contribution in [3.8, 4) is 0 Å². The third-order valence-electron chi connectivity index (χ3n) is 2.95. The molecule has 0 amide bonds.